The van der Waals surface area contributed by atoms with Gasteiger partial charge in [0, 0.05) is 19.4 Å². The summed E-state index contributed by atoms with van der Waals surface area (Å²) in [6.45, 7) is 4.05. The number of unbranched alkanes of at least 4 members (excludes halogenated alkanes) is 15. The van der Waals surface area contributed by atoms with E-state index >= 15 is 0 Å². The summed E-state index contributed by atoms with van der Waals surface area (Å²) in [5.74, 6) is -0.843. The highest BCUT2D eigenvalue weighted by atomic mass is 31.2. The van der Waals surface area contributed by atoms with Crippen LogP contribution in [-0.2, 0) is 32.7 Å². The zero-order chi connectivity index (χ0) is 39.6. The quantitative estimate of drug-likeness (QED) is 0.0272. The van der Waals surface area contributed by atoms with Gasteiger partial charge in [-0.2, -0.15) is 0 Å². The molecule has 0 saturated carbocycles. The zero-order valence-electron chi connectivity index (χ0n) is 34.4. The molecule has 0 aromatic rings. The van der Waals surface area contributed by atoms with E-state index < -0.39 is 32.5 Å². The summed E-state index contributed by atoms with van der Waals surface area (Å²) in [4.78, 5) is 35.0. The number of carbonyl (C=O) groups excluding carboxylic acids is 2. The minimum absolute atomic E-state index is 0.0244. The molecule has 312 valence electrons. The second-order valence-electron chi connectivity index (χ2n) is 13.8. The maximum absolute atomic E-state index is 12.6. The number of allylic oxidation sites excluding steroid dienone is 10. The Kier molecular flexibility index (Phi) is 38.7. The summed E-state index contributed by atoms with van der Waals surface area (Å²) in [6.07, 6.45) is 45.4. The summed E-state index contributed by atoms with van der Waals surface area (Å²) < 4.78 is 33.1. The van der Waals surface area contributed by atoms with E-state index in [9.17, 15) is 19.0 Å². The topological polar surface area (TPSA) is 120 Å². The molecule has 0 amide bonds. The van der Waals surface area contributed by atoms with Crippen LogP contribution in [0.1, 0.15) is 168 Å². The second kappa shape index (κ2) is 40.4. The van der Waals surface area contributed by atoms with Crippen molar-refractivity contribution >= 4 is 19.8 Å². The van der Waals surface area contributed by atoms with E-state index in [2.05, 4.69) is 79.9 Å². The predicted molar refractivity (Wildman–Crippen MR) is 224 cm³/mol. The van der Waals surface area contributed by atoms with E-state index in [4.69, 9.17) is 18.5 Å². The summed E-state index contributed by atoms with van der Waals surface area (Å²) in [6, 6.07) is 0. The van der Waals surface area contributed by atoms with Crippen LogP contribution >= 0.6 is 7.82 Å². The van der Waals surface area contributed by atoms with Crippen LogP contribution in [0.15, 0.2) is 60.8 Å². The third kappa shape index (κ3) is 39.4. The molecular weight excluding hydrogens is 701 g/mol. The first kappa shape index (κ1) is 51.7. The van der Waals surface area contributed by atoms with Crippen LogP contribution in [-0.4, -0.2) is 56.3 Å². The van der Waals surface area contributed by atoms with Crippen molar-refractivity contribution in [1.29, 1.82) is 0 Å². The number of likely N-dealkylation sites (N-methyl/N-ethyl adjacent to an activating group) is 1. The summed E-state index contributed by atoms with van der Waals surface area (Å²) in [7, 11) is -2.66. The van der Waals surface area contributed by atoms with E-state index in [0.717, 1.165) is 77.0 Å². The molecule has 0 saturated heterocycles. The number of carbonyl (C=O) groups is 2. The fourth-order valence-electron chi connectivity index (χ4n) is 5.42. The molecule has 0 rings (SSSR count). The number of phosphoric ester groups is 1. The lowest BCUT2D eigenvalue weighted by Crippen LogP contribution is -2.29. The molecule has 0 spiro atoms. The van der Waals surface area contributed by atoms with Crippen LogP contribution in [0, 0.1) is 0 Å². The van der Waals surface area contributed by atoms with Gasteiger partial charge in [0.05, 0.1) is 13.2 Å². The molecule has 0 heterocycles. The first-order valence-corrected chi connectivity index (χ1v) is 22.7. The SMILES string of the molecule is CC/C=C\C/C=C\C/C=C\C/C=C\CCCCCCC(=O)OCC(COP(=O)(O)OCCNC)OC(=O)CCCCCCCCC/C=C\CCCCCC. The van der Waals surface area contributed by atoms with Gasteiger partial charge in [0.15, 0.2) is 6.10 Å². The minimum Gasteiger partial charge on any atom is -0.462 e. The first-order valence-electron chi connectivity index (χ1n) is 21.2. The van der Waals surface area contributed by atoms with Gasteiger partial charge in [-0.25, -0.2) is 4.57 Å². The van der Waals surface area contributed by atoms with Gasteiger partial charge < -0.3 is 19.7 Å². The molecule has 0 radical (unpaired) electrons. The third-order valence-electron chi connectivity index (χ3n) is 8.62. The molecule has 0 fully saturated rings. The van der Waals surface area contributed by atoms with Crippen molar-refractivity contribution in [3.8, 4) is 0 Å². The summed E-state index contributed by atoms with van der Waals surface area (Å²) >= 11 is 0. The molecule has 10 heteroatoms. The Morgan fingerprint density at radius 2 is 1.06 bits per heavy atom. The summed E-state index contributed by atoms with van der Waals surface area (Å²) in [5, 5.41) is 2.82. The number of rotatable bonds is 39. The highest BCUT2D eigenvalue weighted by Crippen LogP contribution is 2.43. The molecule has 0 aliphatic carbocycles. The van der Waals surface area contributed by atoms with E-state index in [1.807, 2.05) is 0 Å². The Morgan fingerprint density at radius 1 is 0.593 bits per heavy atom. The monoisotopic (exact) mass is 780 g/mol. The van der Waals surface area contributed by atoms with Gasteiger partial charge in [0.1, 0.15) is 6.61 Å². The Balaban J connectivity index is 4.29. The van der Waals surface area contributed by atoms with Gasteiger partial charge in [-0.3, -0.25) is 18.6 Å². The van der Waals surface area contributed by atoms with E-state index in [1.54, 1.807) is 7.05 Å². The molecule has 0 aromatic carbocycles. The molecule has 2 atom stereocenters. The average Bonchev–Trinajstić information content (AvgIpc) is 3.15. The number of ether oxygens (including phenoxy) is 2. The van der Waals surface area contributed by atoms with Crippen LogP contribution in [0.3, 0.4) is 0 Å². The molecule has 0 aliphatic heterocycles. The Labute approximate surface area is 330 Å². The molecular formula is C44H78NO8P. The predicted octanol–water partition coefficient (Wildman–Crippen LogP) is 12.0. The van der Waals surface area contributed by atoms with Crippen molar-refractivity contribution in [2.75, 3.05) is 33.4 Å². The number of nitrogens with one attached hydrogen (secondary N) is 1. The number of hydrogen-bond acceptors (Lipinski definition) is 8. The van der Waals surface area contributed by atoms with Gasteiger partial charge in [-0.15, -0.1) is 0 Å². The fraction of sp³-hybridized carbons (Fsp3) is 0.727. The lowest BCUT2D eigenvalue weighted by Gasteiger charge is -2.20. The zero-order valence-corrected chi connectivity index (χ0v) is 35.3. The molecule has 9 nitrogen and oxygen atoms in total. The van der Waals surface area contributed by atoms with Crippen LogP contribution in [0.25, 0.3) is 0 Å². The number of esters is 2. The molecule has 0 aromatic heterocycles. The highest BCUT2D eigenvalue weighted by molar-refractivity contribution is 7.47. The maximum atomic E-state index is 12.6. The van der Waals surface area contributed by atoms with Crippen LogP contribution in [0.4, 0.5) is 0 Å². The van der Waals surface area contributed by atoms with Crippen molar-refractivity contribution in [2.24, 2.45) is 0 Å². The van der Waals surface area contributed by atoms with Crippen molar-refractivity contribution in [2.45, 2.75) is 174 Å². The molecule has 2 unspecified atom stereocenters. The molecule has 0 aliphatic rings. The molecule has 54 heavy (non-hydrogen) atoms. The maximum Gasteiger partial charge on any atom is 0.472 e. The van der Waals surface area contributed by atoms with E-state index in [1.165, 1.54) is 51.4 Å². The number of hydrogen-bond donors (Lipinski definition) is 2. The van der Waals surface area contributed by atoms with Crippen LogP contribution < -0.4 is 5.32 Å². The van der Waals surface area contributed by atoms with Crippen molar-refractivity contribution in [3.05, 3.63) is 60.8 Å². The highest BCUT2D eigenvalue weighted by Gasteiger charge is 2.26. The van der Waals surface area contributed by atoms with Gasteiger partial charge in [-0.1, -0.05) is 139 Å². The lowest BCUT2D eigenvalue weighted by atomic mass is 10.1. The first-order chi connectivity index (χ1) is 26.3. The average molecular weight is 780 g/mol. The van der Waals surface area contributed by atoms with Crippen LogP contribution in [0.5, 0.6) is 0 Å². The van der Waals surface area contributed by atoms with Gasteiger partial charge in [-0.05, 0) is 84.1 Å². The molecule has 2 N–H and O–H groups in total. The summed E-state index contributed by atoms with van der Waals surface area (Å²) in [5.41, 5.74) is 0. The van der Waals surface area contributed by atoms with Gasteiger partial charge in [0.2, 0.25) is 0 Å². The Hall–Kier alpha value is -2.29. The lowest BCUT2D eigenvalue weighted by molar-refractivity contribution is -0.161. The third-order valence-corrected chi connectivity index (χ3v) is 9.61. The standard InChI is InChI=1S/C44H78NO8P/c1-4-6-8-10-12-14-16-18-20-21-23-24-26-28-30-32-34-36-43(46)50-40-42(41-52-54(48,49)51-39-38-45-3)53-44(47)37-35-33-31-29-27-25-22-19-17-15-13-11-9-7-5-2/h6,8,12,14-15,17-18,20,23-24,42,45H,4-5,7,9-11,13,16,19,21-22,25-41H2,1-3H3,(H,48,49)/b8-6-,14-12-,17-15-,20-18-,24-23-. The van der Waals surface area contributed by atoms with E-state index in [-0.39, 0.29) is 26.1 Å². The normalized spacial score (nSPS) is 13.9. The molecule has 0 bridgehead atoms. The van der Waals surface area contributed by atoms with Gasteiger partial charge in [0.25, 0.3) is 0 Å². The Bertz CT molecular complexity index is 1070. The Morgan fingerprint density at radius 3 is 1.59 bits per heavy atom. The second-order valence-corrected chi connectivity index (χ2v) is 15.2. The smallest absolute Gasteiger partial charge is 0.462 e. The number of phosphoric acid groups is 1. The fourth-order valence-corrected chi connectivity index (χ4v) is 6.17. The minimum atomic E-state index is -4.36. The van der Waals surface area contributed by atoms with Crippen LogP contribution in [0.2, 0.25) is 0 Å². The van der Waals surface area contributed by atoms with Crippen molar-refractivity contribution in [3.63, 3.8) is 0 Å². The van der Waals surface area contributed by atoms with Crippen molar-refractivity contribution in [1.82, 2.24) is 5.32 Å². The van der Waals surface area contributed by atoms with Crippen molar-refractivity contribution < 1.29 is 37.6 Å². The largest absolute Gasteiger partial charge is 0.472 e. The van der Waals surface area contributed by atoms with Gasteiger partial charge >= 0.3 is 19.8 Å². The van der Waals surface area contributed by atoms with E-state index in [0.29, 0.717) is 19.4 Å².